The van der Waals surface area contributed by atoms with E-state index in [1.165, 1.54) is 13.2 Å². The first-order valence-electron chi connectivity index (χ1n) is 9.31. The van der Waals surface area contributed by atoms with Crippen molar-refractivity contribution in [1.29, 1.82) is 0 Å². The fourth-order valence-electron chi connectivity index (χ4n) is 2.90. The van der Waals surface area contributed by atoms with Gasteiger partial charge in [-0.1, -0.05) is 36.4 Å². The number of hydrogen-bond acceptors (Lipinski definition) is 5. The first kappa shape index (κ1) is 21.9. The van der Waals surface area contributed by atoms with Gasteiger partial charge in [-0.2, -0.15) is 0 Å². The zero-order valence-corrected chi connectivity index (χ0v) is 16.6. The second-order valence-electron chi connectivity index (χ2n) is 6.52. The number of nitrogens with one attached hydrogen (secondary N) is 3. The number of nitrogens with zero attached hydrogens (tertiary/aromatic N) is 1. The minimum absolute atomic E-state index is 0.00657. The zero-order chi connectivity index (χ0) is 22.4. The van der Waals surface area contributed by atoms with E-state index in [9.17, 15) is 23.2 Å². The SMILES string of the molecule is COCCn1c(NC(=O)c2cccc(F)c2F)c(NCc2ccccc2)c(=O)[nH]c1=O. The van der Waals surface area contributed by atoms with Crippen molar-refractivity contribution in [3.63, 3.8) is 0 Å². The highest BCUT2D eigenvalue weighted by atomic mass is 19.2. The number of H-pyrrole nitrogens is 1. The Morgan fingerprint density at radius 3 is 2.55 bits per heavy atom. The lowest BCUT2D eigenvalue weighted by atomic mass is 10.2. The first-order chi connectivity index (χ1) is 14.9. The maximum Gasteiger partial charge on any atom is 0.330 e. The summed E-state index contributed by atoms with van der Waals surface area (Å²) in [6, 6.07) is 12.3. The van der Waals surface area contributed by atoms with E-state index in [0.29, 0.717) is 0 Å². The third-order valence-electron chi connectivity index (χ3n) is 4.46. The molecule has 162 valence electrons. The topological polar surface area (TPSA) is 105 Å². The van der Waals surface area contributed by atoms with Crippen LogP contribution >= 0.6 is 0 Å². The molecule has 8 nitrogen and oxygen atoms in total. The summed E-state index contributed by atoms with van der Waals surface area (Å²) in [7, 11) is 1.42. The van der Waals surface area contributed by atoms with Gasteiger partial charge in [-0.25, -0.2) is 13.6 Å². The average Bonchev–Trinajstić information content (AvgIpc) is 2.75. The summed E-state index contributed by atoms with van der Waals surface area (Å²) in [6.07, 6.45) is 0. The number of rotatable bonds is 8. The summed E-state index contributed by atoms with van der Waals surface area (Å²) in [5.74, 6) is -3.74. The van der Waals surface area contributed by atoms with Crippen molar-refractivity contribution in [2.75, 3.05) is 24.4 Å². The lowest BCUT2D eigenvalue weighted by Gasteiger charge is -2.18. The van der Waals surface area contributed by atoms with Gasteiger partial charge in [-0.05, 0) is 17.7 Å². The van der Waals surface area contributed by atoms with Crippen molar-refractivity contribution in [2.24, 2.45) is 0 Å². The molecule has 1 heterocycles. The van der Waals surface area contributed by atoms with Gasteiger partial charge in [-0.3, -0.25) is 19.1 Å². The minimum Gasteiger partial charge on any atom is -0.383 e. The number of benzene rings is 2. The maximum atomic E-state index is 14.1. The number of carbonyl (C=O) groups excluding carboxylic acids is 1. The van der Waals surface area contributed by atoms with Gasteiger partial charge in [0.2, 0.25) is 0 Å². The molecule has 31 heavy (non-hydrogen) atoms. The van der Waals surface area contributed by atoms with Crippen LogP contribution in [0.1, 0.15) is 15.9 Å². The molecule has 0 atom stereocenters. The van der Waals surface area contributed by atoms with Crippen LogP contribution in [-0.2, 0) is 17.8 Å². The van der Waals surface area contributed by atoms with Crippen LogP contribution in [0.25, 0.3) is 0 Å². The Hall–Kier alpha value is -3.79. The standard InChI is InChI=1S/C21H20F2N4O4/c1-31-11-10-27-18(25-19(28)14-8-5-9-15(22)16(14)23)17(20(29)26-21(27)30)24-12-13-6-3-2-4-7-13/h2-9,24H,10-12H2,1H3,(H,25,28)(H,26,29,30). The quantitative estimate of drug-likeness (QED) is 0.509. The van der Waals surface area contributed by atoms with Gasteiger partial charge < -0.3 is 15.4 Å². The van der Waals surface area contributed by atoms with Crippen LogP contribution in [0.2, 0.25) is 0 Å². The lowest BCUT2D eigenvalue weighted by molar-refractivity contribution is 0.102. The van der Waals surface area contributed by atoms with E-state index in [2.05, 4.69) is 15.6 Å². The van der Waals surface area contributed by atoms with Crippen molar-refractivity contribution in [3.8, 4) is 0 Å². The predicted octanol–water partition coefficient (Wildman–Crippen LogP) is 2.33. The monoisotopic (exact) mass is 430 g/mol. The van der Waals surface area contributed by atoms with E-state index < -0.39 is 34.4 Å². The molecule has 2 aromatic carbocycles. The molecule has 0 unspecified atom stereocenters. The molecule has 3 rings (SSSR count). The fraction of sp³-hybridized carbons (Fsp3) is 0.190. The van der Waals surface area contributed by atoms with Crippen molar-refractivity contribution >= 4 is 17.4 Å². The highest BCUT2D eigenvalue weighted by molar-refractivity contribution is 6.05. The largest absolute Gasteiger partial charge is 0.383 e. The Balaban J connectivity index is 2.03. The van der Waals surface area contributed by atoms with Crippen molar-refractivity contribution in [1.82, 2.24) is 9.55 Å². The molecular weight excluding hydrogens is 410 g/mol. The molecule has 0 aliphatic carbocycles. The molecule has 0 fully saturated rings. The second-order valence-corrected chi connectivity index (χ2v) is 6.52. The van der Waals surface area contributed by atoms with Gasteiger partial charge in [0.05, 0.1) is 18.7 Å². The van der Waals surface area contributed by atoms with Crippen LogP contribution < -0.4 is 21.9 Å². The molecule has 3 N–H and O–H groups in total. The highest BCUT2D eigenvalue weighted by Crippen LogP contribution is 2.19. The molecule has 0 saturated carbocycles. The summed E-state index contributed by atoms with van der Waals surface area (Å²) in [5.41, 5.74) is -1.40. The van der Waals surface area contributed by atoms with E-state index in [4.69, 9.17) is 4.74 Å². The maximum absolute atomic E-state index is 14.1. The van der Waals surface area contributed by atoms with Crippen molar-refractivity contribution in [2.45, 2.75) is 13.1 Å². The molecule has 1 aromatic heterocycles. The Morgan fingerprint density at radius 1 is 1.10 bits per heavy atom. The minimum atomic E-state index is -1.34. The highest BCUT2D eigenvalue weighted by Gasteiger charge is 2.21. The summed E-state index contributed by atoms with van der Waals surface area (Å²) in [5, 5.41) is 5.27. The van der Waals surface area contributed by atoms with Gasteiger partial charge in [0, 0.05) is 13.7 Å². The van der Waals surface area contributed by atoms with Gasteiger partial charge in [0.15, 0.2) is 11.6 Å². The number of aromatic amines is 1. The lowest BCUT2D eigenvalue weighted by Crippen LogP contribution is -2.36. The third kappa shape index (κ3) is 5.04. The van der Waals surface area contributed by atoms with Crippen LogP contribution in [-0.4, -0.2) is 29.2 Å². The smallest absolute Gasteiger partial charge is 0.330 e. The van der Waals surface area contributed by atoms with Gasteiger partial charge in [-0.15, -0.1) is 0 Å². The summed E-state index contributed by atoms with van der Waals surface area (Å²) in [4.78, 5) is 39.7. The van der Waals surface area contributed by atoms with Crippen LogP contribution in [0.15, 0.2) is 58.1 Å². The van der Waals surface area contributed by atoms with E-state index in [1.54, 1.807) is 0 Å². The molecule has 0 radical (unpaired) electrons. The normalized spacial score (nSPS) is 10.7. The number of ether oxygens (including phenoxy) is 1. The molecule has 1 amide bonds. The molecule has 0 aliphatic heterocycles. The van der Waals surface area contributed by atoms with Crippen LogP contribution in [0.5, 0.6) is 0 Å². The molecule has 0 aliphatic rings. The van der Waals surface area contributed by atoms with E-state index >= 15 is 0 Å². The second kappa shape index (κ2) is 9.81. The van der Waals surface area contributed by atoms with Gasteiger partial charge in [0.25, 0.3) is 11.5 Å². The Bertz CT molecular complexity index is 1190. The summed E-state index contributed by atoms with van der Waals surface area (Å²) < 4.78 is 33.7. The first-order valence-corrected chi connectivity index (χ1v) is 9.31. The van der Waals surface area contributed by atoms with Crippen LogP contribution in [0, 0.1) is 11.6 Å². The van der Waals surface area contributed by atoms with E-state index in [-0.39, 0.29) is 31.2 Å². The number of halogens is 2. The average molecular weight is 430 g/mol. The molecule has 0 saturated heterocycles. The molecule has 0 spiro atoms. The third-order valence-corrected chi connectivity index (χ3v) is 4.46. The number of anilines is 2. The summed E-state index contributed by atoms with van der Waals surface area (Å²) in [6.45, 7) is 0.304. The molecule has 10 heteroatoms. The van der Waals surface area contributed by atoms with E-state index in [0.717, 1.165) is 22.3 Å². The van der Waals surface area contributed by atoms with Crippen LogP contribution in [0.3, 0.4) is 0 Å². The molecule has 3 aromatic rings. The number of methoxy groups -OCH3 is 1. The Morgan fingerprint density at radius 2 is 1.84 bits per heavy atom. The Labute approximate surface area is 175 Å². The number of aromatic nitrogens is 2. The Kier molecular flexibility index (Phi) is 6.93. The van der Waals surface area contributed by atoms with Crippen molar-refractivity contribution < 1.29 is 18.3 Å². The van der Waals surface area contributed by atoms with Gasteiger partial charge >= 0.3 is 5.69 Å². The summed E-state index contributed by atoms with van der Waals surface area (Å²) >= 11 is 0. The van der Waals surface area contributed by atoms with Crippen LogP contribution in [0.4, 0.5) is 20.3 Å². The van der Waals surface area contributed by atoms with Crippen molar-refractivity contribution in [3.05, 3.63) is 92.1 Å². The number of amides is 1. The predicted molar refractivity (Wildman–Crippen MR) is 111 cm³/mol. The zero-order valence-electron chi connectivity index (χ0n) is 16.6. The molecule has 0 bridgehead atoms. The molecular formula is C21H20F2N4O4. The fourth-order valence-corrected chi connectivity index (χ4v) is 2.90. The number of hydrogen-bond donors (Lipinski definition) is 3. The van der Waals surface area contributed by atoms with Gasteiger partial charge in [0.1, 0.15) is 11.5 Å². The number of carbonyl (C=O) groups is 1. The van der Waals surface area contributed by atoms with E-state index in [1.807, 2.05) is 30.3 Å².